The lowest BCUT2D eigenvalue weighted by Crippen LogP contribution is -2.18. The number of aromatic nitrogens is 3. The van der Waals surface area contributed by atoms with Gasteiger partial charge in [0.15, 0.2) is 0 Å². The van der Waals surface area contributed by atoms with Crippen molar-refractivity contribution in [3.63, 3.8) is 0 Å². The van der Waals surface area contributed by atoms with Crippen LogP contribution in [0.1, 0.15) is 16.8 Å². The Labute approximate surface area is 215 Å². The van der Waals surface area contributed by atoms with Gasteiger partial charge in [-0.25, -0.2) is 14.8 Å². The first kappa shape index (κ1) is 25.0. The minimum absolute atomic E-state index is 0.0407. The third kappa shape index (κ3) is 5.98. The SMILES string of the molecule is O=C(Nc1cccc(C(F)(F)F)c1)n1ccc2cc(Oc3cc(COCc4ccccc4)ncn3)ccc21. The number of hydrogen-bond acceptors (Lipinski definition) is 5. The zero-order chi connectivity index (χ0) is 26.5. The highest BCUT2D eigenvalue weighted by Crippen LogP contribution is 2.31. The molecule has 2 aromatic heterocycles. The molecule has 1 N–H and O–H groups in total. The molecule has 38 heavy (non-hydrogen) atoms. The Balaban J connectivity index is 1.24. The molecule has 7 nitrogen and oxygen atoms in total. The van der Waals surface area contributed by atoms with Crippen molar-refractivity contribution < 1.29 is 27.4 Å². The molecule has 192 valence electrons. The third-order valence-corrected chi connectivity index (χ3v) is 5.60. The smallest absolute Gasteiger partial charge is 0.416 e. The first-order chi connectivity index (χ1) is 18.3. The van der Waals surface area contributed by atoms with E-state index < -0.39 is 17.8 Å². The number of fused-ring (bicyclic) bond motifs is 1. The molecule has 5 rings (SSSR count). The number of amides is 1. The summed E-state index contributed by atoms with van der Waals surface area (Å²) >= 11 is 0. The van der Waals surface area contributed by atoms with Crippen LogP contribution in [-0.2, 0) is 24.1 Å². The highest BCUT2D eigenvalue weighted by Gasteiger charge is 2.30. The largest absolute Gasteiger partial charge is 0.439 e. The van der Waals surface area contributed by atoms with Gasteiger partial charge in [0.05, 0.1) is 30.0 Å². The Morgan fingerprint density at radius 3 is 2.55 bits per heavy atom. The second-order valence-corrected chi connectivity index (χ2v) is 8.34. The molecule has 3 aromatic carbocycles. The molecular weight excluding hydrogens is 497 g/mol. The molecule has 0 radical (unpaired) electrons. The molecule has 10 heteroatoms. The Hall–Kier alpha value is -4.70. The van der Waals surface area contributed by atoms with Gasteiger partial charge in [0.25, 0.3) is 0 Å². The summed E-state index contributed by atoms with van der Waals surface area (Å²) in [6.07, 6.45) is -1.58. The van der Waals surface area contributed by atoms with Crippen molar-refractivity contribution in [2.24, 2.45) is 0 Å². The lowest BCUT2D eigenvalue weighted by Gasteiger charge is -2.11. The average molecular weight is 518 g/mol. The molecule has 0 spiro atoms. The van der Waals surface area contributed by atoms with Crippen molar-refractivity contribution in [1.82, 2.24) is 14.5 Å². The monoisotopic (exact) mass is 518 g/mol. The summed E-state index contributed by atoms with van der Waals surface area (Å²) in [6.45, 7) is 0.743. The van der Waals surface area contributed by atoms with Crippen LogP contribution in [0.25, 0.3) is 10.9 Å². The Morgan fingerprint density at radius 2 is 1.74 bits per heavy atom. The Bertz CT molecular complexity index is 1570. The van der Waals surface area contributed by atoms with Crippen LogP contribution in [0, 0.1) is 0 Å². The first-order valence-electron chi connectivity index (χ1n) is 11.6. The van der Waals surface area contributed by atoms with Crippen LogP contribution in [0.2, 0.25) is 0 Å². The van der Waals surface area contributed by atoms with Crippen molar-refractivity contribution in [2.75, 3.05) is 5.32 Å². The van der Waals surface area contributed by atoms with E-state index in [1.54, 1.807) is 30.3 Å². The van der Waals surface area contributed by atoms with E-state index >= 15 is 0 Å². The normalized spacial score (nSPS) is 11.4. The predicted octanol–water partition coefficient (Wildman–Crippen LogP) is 7.04. The van der Waals surface area contributed by atoms with Gasteiger partial charge < -0.3 is 14.8 Å². The van der Waals surface area contributed by atoms with E-state index in [2.05, 4.69) is 15.3 Å². The van der Waals surface area contributed by atoms with Gasteiger partial charge in [0.1, 0.15) is 12.1 Å². The van der Waals surface area contributed by atoms with Gasteiger partial charge in [-0.05, 0) is 48.0 Å². The number of nitrogens with zero attached hydrogens (tertiary/aromatic N) is 3. The summed E-state index contributed by atoms with van der Waals surface area (Å²) < 4.78 is 51.8. The van der Waals surface area contributed by atoms with Crippen LogP contribution >= 0.6 is 0 Å². The van der Waals surface area contributed by atoms with Crippen molar-refractivity contribution in [3.8, 4) is 11.6 Å². The number of halogens is 3. The van der Waals surface area contributed by atoms with Crippen LogP contribution in [-0.4, -0.2) is 20.6 Å². The van der Waals surface area contributed by atoms with Gasteiger partial charge in [-0.3, -0.25) is 4.57 Å². The van der Waals surface area contributed by atoms with Crippen LogP contribution < -0.4 is 10.1 Å². The molecule has 5 aromatic rings. The lowest BCUT2D eigenvalue weighted by atomic mass is 10.2. The van der Waals surface area contributed by atoms with Crippen LogP contribution in [0.5, 0.6) is 11.6 Å². The number of nitrogens with one attached hydrogen (secondary N) is 1. The van der Waals surface area contributed by atoms with Gasteiger partial charge >= 0.3 is 12.2 Å². The number of rotatable bonds is 7. The van der Waals surface area contributed by atoms with Crippen LogP contribution in [0.15, 0.2) is 97.5 Å². The van der Waals surface area contributed by atoms with Crippen molar-refractivity contribution in [3.05, 3.63) is 114 Å². The second kappa shape index (κ2) is 10.7. The van der Waals surface area contributed by atoms with Gasteiger partial charge in [-0.1, -0.05) is 36.4 Å². The number of anilines is 1. The molecule has 1 amide bonds. The van der Waals surface area contributed by atoms with E-state index in [1.807, 2.05) is 30.3 Å². The fraction of sp³-hybridized carbons (Fsp3) is 0.107. The number of carbonyl (C=O) groups is 1. The zero-order valence-corrected chi connectivity index (χ0v) is 19.9. The van der Waals surface area contributed by atoms with E-state index in [1.165, 1.54) is 29.2 Å². The molecule has 0 saturated heterocycles. The fourth-order valence-corrected chi connectivity index (χ4v) is 3.80. The van der Waals surface area contributed by atoms with E-state index in [4.69, 9.17) is 9.47 Å². The molecular formula is C28H21F3N4O3. The van der Waals surface area contributed by atoms with E-state index in [9.17, 15) is 18.0 Å². The van der Waals surface area contributed by atoms with Crippen LogP contribution in [0.4, 0.5) is 23.7 Å². The maximum Gasteiger partial charge on any atom is 0.416 e. The zero-order valence-electron chi connectivity index (χ0n) is 19.9. The minimum Gasteiger partial charge on any atom is -0.439 e. The standard InChI is InChI=1S/C28H21F3N4O3/c29-28(30,31)21-7-4-8-22(14-21)34-27(36)35-12-11-20-13-24(9-10-25(20)35)38-26-15-23(32-18-33-26)17-37-16-19-5-2-1-3-6-19/h1-15,18H,16-17H2,(H,34,36). The molecule has 0 fully saturated rings. The topological polar surface area (TPSA) is 78.3 Å². The van der Waals surface area contributed by atoms with Gasteiger partial charge in [0.2, 0.25) is 5.88 Å². The maximum atomic E-state index is 13.0. The molecule has 0 saturated carbocycles. The summed E-state index contributed by atoms with van der Waals surface area (Å²) in [5, 5.41) is 3.20. The van der Waals surface area contributed by atoms with E-state index in [0.29, 0.717) is 34.8 Å². The highest BCUT2D eigenvalue weighted by molar-refractivity contribution is 5.98. The Kier molecular flexibility index (Phi) is 7.05. The summed E-state index contributed by atoms with van der Waals surface area (Å²) in [5.41, 5.74) is 1.47. The van der Waals surface area contributed by atoms with E-state index in [-0.39, 0.29) is 12.3 Å². The molecule has 0 unspecified atom stereocenters. The van der Waals surface area contributed by atoms with E-state index in [0.717, 1.165) is 17.7 Å². The quantitative estimate of drug-likeness (QED) is 0.250. The van der Waals surface area contributed by atoms with Gasteiger partial charge in [-0.15, -0.1) is 0 Å². The van der Waals surface area contributed by atoms with Crippen molar-refractivity contribution in [2.45, 2.75) is 19.4 Å². The fourth-order valence-electron chi connectivity index (χ4n) is 3.80. The Morgan fingerprint density at radius 1 is 0.895 bits per heavy atom. The molecule has 0 atom stereocenters. The summed E-state index contributed by atoms with van der Waals surface area (Å²) in [6, 6.07) is 22.1. The molecule has 0 bridgehead atoms. The highest BCUT2D eigenvalue weighted by atomic mass is 19.4. The molecule has 0 aliphatic heterocycles. The second-order valence-electron chi connectivity index (χ2n) is 8.34. The van der Waals surface area contributed by atoms with Gasteiger partial charge in [0, 0.05) is 23.3 Å². The van der Waals surface area contributed by atoms with Gasteiger partial charge in [-0.2, -0.15) is 13.2 Å². The number of alkyl halides is 3. The first-order valence-corrected chi connectivity index (χ1v) is 11.6. The van der Waals surface area contributed by atoms with Crippen LogP contribution in [0.3, 0.4) is 0 Å². The lowest BCUT2D eigenvalue weighted by molar-refractivity contribution is -0.137. The minimum atomic E-state index is -4.50. The number of ether oxygens (including phenoxy) is 2. The molecule has 0 aliphatic rings. The molecule has 0 aliphatic carbocycles. The number of benzene rings is 3. The third-order valence-electron chi connectivity index (χ3n) is 5.60. The summed E-state index contributed by atoms with van der Waals surface area (Å²) in [5.74, 6) is 0.822. The van der Waals surface area contributed by atoms with Crippen molar-refractivity contribution >= 4 is 22.6 Å². The predicted molar refractivity (Wildman–Crippen MR) is 135 cm³/mol. The average Bonchev–Trinajstić information content (AvgIpc) is 3.33. The summed E-state index contributed by atoms with van der Waals surface area (Å²) in [4.78, 5) is 21.1. The molecule has 2 heterocycles. The van der Waals surface area contributed by atoms with Crippen molar-refractivity contribution in [1.29, 1.82) is 0 Å². The number of hydrogen-bond donors (Lipinski definition) is 1. The summed E-state index contributed by atoms with van der Waals surface area (Å²) in [7, 11) is 0. The number of carbonyl (C=O) groups excluding carboxylic acids is 1. The maximum absolute atomic E-state index is 13.0.